The SMILES string of the molecule is CCCCCCCCCCCCCCCCCCCCCCCCCCCCCCCSCCC(CO[C@@H]1OC(CO)[C@@H](O[C@@H]2OC(CO)[C@H](O)[C@H](O)C2O)[C@H](O)C1O)OC. The molecule has 2 heterocycles. The van der Waals surface area contributed by atoms with Crippen LogP contribution in [0.25, 0.3) is 0 Å². The Bertz CT molecular complexity index is 966. The molecule has 2 saturated heterocycles. The summed E-state index contributed by atoms with van der Waals surface area (Å²) in [7, 11) is 1.59. The zero-order valence-corrected chi connectivity index (χ0v) is 39.5. The van der Waals surface area contributed by atoms with Gasteiger partial charge in [0, 0.05) is 7.11 Å². The summed E-state index contributed by atoms with van der Waals surface area (Å²) < 4.78 is 28.0. The van der Waals surface area contributed by atoms with Crippen LogP contribution < -0.4 is 0 Å². The fraction of sp³-hybridized carbons (Fsp3) is 1.00. The Morgan fingerprint density at radius 2 is 0.852 bits per heavy atom. The average molecular weight is 895 g/mol. The lowest BCUT2D eigenvalue weighted by Crippen LogP contribution is -2.64. The fourth-order valence-corrected chi connectivity index (χ4v) is 9.57. The second-order valence-electron chi connectivity index (χ2n) is 18.0. The van der Waals surface area contributed by atoms with Crippen molar-refractivity contribution >= 4 is 11.8 Å². The molecule has 0 radical (unpaired) electrons. The first-order valence-electron chi connectivity index (χ1n) is 25.1. The topological polar surface area (TPSA) is 188 Å². The first-order valence-corrected chi connectivity index (χ1v) is 26.2. The molecule has 5 unspecified atom stereocenters. The standard InChI is InChI=1S/C48H94O12S/c1-3-4-5-6-7-8-9-10-11-12-13-14-15-16-17-18-19-20-21-22-23-24-25-26-27-28-29-30-31-33-61-34-32-38(56-2)37-57-47-45(55)43(53)46(40(36-50)59-47)60-48-44(54)42(52)41(51)39(35-49)58-48/h38-55H,3-37H2,1-2H3/t38?,39?,40?,41-,42-,43+,44?,45?,46+,47+,48-/m0/s1. The first-order chi connectivity index (χ1) is 29.8. The molecule has 0 spiro atoms. The largest absolute Gasteiger partial charge is 0.394 e. The lowest BCUT2D eigenvalue weighted by atomic mass is 9.97. The van der Waals surface area contributed by atoms with Crippen LogP contribution in [0, 0.1) is 0 Å². The lowest BCUT2D eigenvalue weighted by Gasteiger charge is -2.46. The van der Waals surface area contributed by atoms with Crippen LogP contribution in [0.4, 0.5) is 0 Å². The predicted molar refractivity (Wildman–Crippen MR) is 245 cm³/mol. The van der Waals surface area contributed by atoms with Gasteiger partial charge in [0.15, 0.2) is 12.6 Å². The molecule has 0 aromatic rings. The fourth-order valence-electron chi connectivity index (χ4n) is 8.53. The van der Waals surface area contributed by atoms with Gasteiger partial charge in [-0.3, -0.25) is 0 Å². The zero-order chi connectivity index (χ0) is 44.3. The van der Waals surface area contributed by atoms with Crippen molar-refractivity contribution in [1.29, 1.82) is 0 Å². The van der Waals surface area contributed by atoms with E-state index in [1.807, 2.05) is 11.8 Å². The van der Waals surface area contributed by atoms with Crippen LogP contribution in [0.2, 0.25) is 0 Å². The van der Waals surface area contributed by atoms with E-state index in [4.69, 9.17) is 23.7 Å². The Balaban J connectivity index is 1.35. The Hall–Kier alpha value is -0.130. The summed E-state index contributed by atoms with van der Waals surface area (Å²) in [4.78, 5) is 0. The molecule has 12 nitrogen and oxygen atoms in total. The maximum absolute atomic E-state index is 10.8. The number of methoxy groups -OCH3 is 1. The van der Waals surface area contributed by atoms with Crippen molar-refractivity contribution in [2.45, 2.75) is 267 Å². The molecule has 61 heavy (non-hydrogen) atoms. The summed E-state index contributed by atoms with van der Waals surface area (Å²) in [5.74, 6) is 1.99. The van der Waals surface area contributed by atoms with Gasteiger partial charge in [-0.05, 0) is 24.3 Å². The molecule has 2 aliphatic heterocycles. The number of unbranched alkanes of at least 4 members (excludes halogenated alkanes) is 28. The molecular weight excluding hydrogens is 801 g/mol. The van der Waals surface area contributed by atoms with Gasteiger partial charge in [0.1, 0.15) is 48.8 Å². The van der Waals surface area contributed by atoms with E-state index in [0.717, 1.165) is 17.9 Å². The molecule has 2 fully saturated rings. The molecule has 11 atom stereocenters. The lowest BCUT2D eigenvalue weighted by molar-refractivity contribution is -0.360. The van der Waals surface area contributed by atoms with Gasteiger partial charge in [-0.2, -0.15) is 11.8 Å². The van der Waals surface area contributed by atoms with E-state index in [-0.39, 0.29) is 12.7 Å². The van der Waals surface area contributed by atoms with Gasteiger partial charge in [0.25, 0.3) is 0 Å². The number of aliphatic hydroxyl groups excluding tert-OH is 7. The normalized spacial score (nSPS) is 27.5. The van der Waals surface area contributed by atoms with Crippen molar-refractivity contribution in [2.75, 3.05) is 38.4 Å². The highest BCUT2D eigenvalue weighted by molar-refractivity contribution is 7.99. The highest BCUT2D eigenvalue weighted by Crippen LogP contribution is 2.30. The van der Waals surface area contributed by atoms with Gasteiger partial charge in [-0.1, -0.05) is 187 Å². The Labute approximate surface area is 375 Å². The third-order valence-corrected chi connectivity index (χ3v) is 13.8. The maximum atomic E-state index is 10.8. The van der Waals surface area contributed by atoms with Crippen LogP contribution in [0.5, 0.6) is 0 Å². The highest BCUT2D eigenvalue weighted by Gasteiger charge is 2.50. The quantitative estimate of drug-likeness (QED) is 0.0292. The second kappa shape index (κ2) is 38.0. The molecular formula is C48H94O12S. The monoisotopic (exact) mass is 895 g/mol. The smallest absolute Gasteiger partial charge is 0.187 e. The van der Waals surface area contributed by atoms with E-state index in [2.05, 4.69) is 6.92 Å². The van der Waals surface area contributed by atoms with Crippen molar-refractivity contribution in [3.8, 4) is 0 Å². The van der Waals surface area contributed by atoms with Gasteiger partial charge in [0.2, 0.25) is 0 Å². The third-order valence-electron chi connectivity index (χ3n) is 12.7. The Kier molecular flexibility index (Phi) is 35.5. The summed E-state index contributed by atoms with van der Waals surface area (Å²) in [5, 5.41) is 71.4. The van der Waals surface area contributed by atoms with Gasteiger partial charge in [-0.15, -0.1) is 0 Å². The van der Waals surface area contributed by atoms with E-state index >= 15 is 0 Å². The molecule has 0 bridgehead atoms. The number of rotatable bonds is 41. The van der Waals surface area contributed by atoms with Gasteiger partial charge in [-0.25, -0.2) is 0 Å². The summed E-state index contributed by atoms with van der Waals surface area (Å²) in [6.45, 7) is 1.12. The van der Waals surface area contributed by atoms with E-state index < -0.39 is 74.6 Å². The van der Waals surface area contributed by atoms with Crippen molar-refractivity contribution in [1.82, 2.24) is 0 Å². The first kappa shape index (κ1) is 57.0. The summed E-state index contributed by atoms with van der Waals surface area (Å²) in [6, 6.07) is 0. The number of hydrogen-bond acceptors (Lipinski definition) is 13. The van der Waals surface area contributed by atoms with E-state index in [1.54, 1.807) is 7.11 Å². The molecule has 2 rings (SSSR count). The van der Waals surface area contributed by atoms with Crippen molar-refractivity contribution in [2.24, 2.45) is 0 Å². The summed E-state index contributed by atoms with van der Waals surface area (Å²) >= 11 is 1.89. The van der Waals surface area contributed by atoms with Crippen molar-refractivity contribution in [3.05, 3.63) is 0 Å². The minimum atomic E-state index is -1.72. The number of ether oxygens (including phenoxy) is 5. The van der Waals surface area contributed by atoms with E-state index in [1.165, 1.54) is 186 Å². The summed E-state index contributed by atoms with van der Waals surface area (Å²) in [5.41, 5.74) is 0. The van der Waals surface area contributed by atoms with E-state index in [0.29, 0.717) is 0 Å². The van der Waals surface area contributed by atoms with E-state index in [9.17, 15) is 35.7 Å². The maximum Gasteiger partial charge on any atom is 0.187 e. The molecule has 2 aliphatic rings. The van der Waals surface area contributed by atoms with Gasteiger partial charge >= 0.3 is 0 Å². The van der Waals surface area contributed by atoms with Crippen LogP contribution in [0.15, 0.2) is 0 Å². The molecule has 364 valence electrons. The van der Waals surface area contributed by atoms with Crippen molar-refractivity contribution in [3.63, 3.8) is 0 Å². The Morgan fingerprint density at radius 1 is 0.459 bits per heavy atom. The summed E-state index contributed by atoms with van der Waals surface area (Å²) in [6.07, 6.45) is 26.5. The van der Waals surface area contributed by atoms with Gasteiger partial charge < -0.3 is 59.4 Å². The molecule has 13 heteroatoms. The van der Waals surface area contributed by atoms with Crippen LogP contribution in [0.1, 0.15) is 200 Å². The van der Waals surface area contributed by atoms with Gasteiger partial charge in [0.05, 0.1) is 25.9 Å². The van der Waals surface area contributed by atoms with Crippen LogP contribution in [-0.4, -0.2) is 142 Å². The number of thioether (sulfide) groups is 1. The second-order valence-corrected chi connectivity index (χ2v) is 19.2. The van der Waals surface area contributed by atoms with Crippen molar-refractivity contribution < 1.29 is 59.4 Å². The predicted octanol–water partition coefficient (Wildman–Crippen LogP) is 8.10. The third kappa shape index (κ3) is 25.4. The van der Waals surface area contributed by atoms with Crippen LogP contribution in [0.3, 0.4) is 0 Å². The molecule has 0 aliphatic carbocycles. The zero-order valence-electron chi connectivity index (χ0n) is 38.7. The van der Waals surface area contributed by atoms with Crippen LogP contribution >= 0.6 is 11.8 Å². The average Bonchev–Trinajstić information content (AvgIpc) is 3.27. The number of aliphatic hydroxyl groups is 7. The molecule has 7 N–H and O–H groups in total. The minimum absolute atomic E-state index is 0.0987. The molecule has 0 aromatic heterocycles. The molecule has 0 amide bonds. The minimum Gasteiger partial charge on any atom is -0.394 e. The molecule has 0 aromatic carbocycles. The Morgan fingerprint density at radius 3 is 1.26 bits per heavy atom. The molecule has 0 saturated carbocycles. The number of hydrogen-bond donors (Lipinski definition) is 7. The van der Waals surface area contributed by atoms with Crippen LogP contribution in [-0.2, 0) is 23.7 Å². The highest BCUT2D eigenvalue weighted by atomic mass is 32.2.